The summed E-state index contributed by atoms with van der Waals surface area (Å²) in [7, 11) is 1.21. The highest BCUT2D eigenvalue weighted by Crippen LogP contribution is 2.51. The number of nitrogens with one attached hydrogen (secondary N) is 6. The normalized spacial score (nSPS) is 19.2. The highest BCUT2D eigenvalue weighted by Gasteiger charge is 2.62. The van der Waals surface area contributed by atoms with E-state index in [1.807, 2.05) is 19.1 Å². The number of benzene rings is 2. The lowest BCUT2D eigenvalue weighted by Crippen LogP contribution is -2.69. The van der Waals surface area contributed by atoms with E-state index < -0.39 is 108 Å². The highest BCUT2D eigenvalue weighted by molar-refractivity contribution is 6.44. The fourth-order valence-corrected chi connectivity index (χ4v) is 10.0. The average molecular weight is 1010 g/mol. The summed E-state index contributed by atoms with van der Waals surface area (Å²) in [5, 5.41) is 21.7. The van der Waals surface area contributed by atoms with Gasteiger partial charge in [0.25, 0.3) is 47.0 Å². The van der Waals surface area contributed by atoms with E-state index in [-0.39, 0.29) is 82.3 Å². The summed E-state index contributed by atoms with van der Waals surface area (Å²) in [6.45, 7) is 5.97. The van der Waals surface area contributed by atoms with Crippen molar-refractivity contribution in [3.63, 3.8) is 0 Å². The second-order valence-corrected chi connectivity index (χ2v) is 18.7. The minimum Gasteiger partial charge on any atom is -0.357 e. The quantitative estimate of drug-likeness (QED) is 0.0519. The van der Waals surface area contributed by atoms with Crippen molar-refractivity contribution in [2.45, 2.75) is 115 Å². The molecule has 9 rings (SSSR count). The van der Waals surface area contributed by atoms with Crippen molar-refractivity contribution in [1.29, 1.82) is 0 Å². The van der Waals surface area contributed by atoms with Crippen LogP contribution in [0.15, 0.2) is 48.7 Å². The molecule has 2 aliphatic carbocycles. The molecule has 24 heteroatoms. The zero-order chi connectivity index (χ0) is 52.4. The summed E-state index contributed by atoms with van der Waals surface area (Å²) in [6.07, 6.45) is -5.39. The van der Waals surface area contributed by atoms with Crippen LogP contribution in [0.25, 0.3) is 0 Å². The number of ketones is 2. The molecule has 2 saturated carbocycles. The number of H-pyrrole nitrogens is 1. The number of hydrogen-bond donors (Lipinski definition) is 6. The minimum absolute atomic E-state index is 0.0725. The Morgan fingerprint density at radius 1 is 0.681 bits per heavy atom. The number of amides is 5. The van der Waals surface area contributed by atoms with Crippen LogP contribution in [0.5, 0.6) is 0 Å². The number of nitrogens with zero attached hydrogens (tertiary/aromatic N) is 4. The number of rotatable bonds is 12. The molecule has 3 aromatic heterocycles. The molecule has 0 bridgehead atoms. The van der Waals surface area contributed by atoms with Crippen LogP contribution in [0.1, 0.15) is 107 Å². The van der Waals surface area contributed by atoms with Crippen LogP contribution in [-0.4, -0.2) is 102 Å². The number of halogens is 7. The van der Waals surface area contributed by atoms with Crippen molar-refractivity contribution in [2.24, 2.45) is 0 Å². The van der Waals surface area contributed by atoms with Gasteiger partial charge in [0.05, 0.1) is 36.0 Å². The summed E-state index contributed by atoms with van der Waals surface area (Å²) in [5.41, 5.74) is -1.13. The van der Waals surface area contributed by atoms with Gasteiger partial charge in [0.15, 0.2) is 0 Å². The van der Waals surface area contributed by atoms with Gasteiger partial charge in [-0.25, -0.2) is 30.7 Å². The lowest BCUT2D eigenvalue weighted by molar-refractivity contribution is -0.164. The standard InChI is InChI=1S/C24H24F4N4O4.C24H23F3N6O3/c1-11-4-5-14(7-15(11)26)30-20(34)18-12(2)17(16-6-13(25)8-32(16)18)19(33)21(35)31-23(22(36)29-3)9-24(27,28)10-23;1-12-3-5-15(6-4-12)29-21(35)19-13(2)18(16-7-14(25)9-33(16)19)20(34)22(36)30-23(10-24(26,27)11-23)17-8-28-32-31-17/h4-5,7,13H,6,8-10H2,1-3H3,(H,29,36)(H,30,34)(H,31,35);3-6,8,14H,7,9-11H2,1-2H3,(H,29,35)(H,30,36)(H,28,31,32)/t13-;14-/m11/s1. The van der Waals surface area contributed by atoms with Gasteiger partial charge in [-0.3, -0.25) is 33.6 Å². The van der Waals surface area contributed by atoms with Crippen molar-refractivity contribution >= 4 is 52.5 Å². The second-order valence-electron chi connectivity index (χ2n) is 18.7. The Hall–Kier alpha value is -7.66. The summed E-state index contributed by atoms with van der Waals surface area (Å²) in [4.78, 5) is 90.7. The number of carbonyl (C=O) groups excluding carboxylic acids is 7. The molecule has 0 unspecified atom stereocenters. The summed E-state index contributed by atoms with van der Waals surface area (Å²) in [5.74, 6) is -13.6. The molecule has 380 valence electrons. The molecular formula is C48H47F7N10O7. The van der Waals surface area contributed by atoms with Crippen molar-refractivity contribution in [1.82, 2.24) is 40.5 Å². The monoisotopic (exact) mass is 1010 g/mol. The maximum absolute atomic E-state index is 14.4. The number of carbonyl (C=O) groups is 7. The molecule has 2 fully saturated rings. The van der Waals surface area contributed by atoms with E-state index >= 15 is 0 Å². The first-order chi connectivity index (χ1) is 33.8. The lowest BCUT2D eigenvalue weighted by Gasteiger charge is -2.46. The summed E-state index contributed by atoms with van der Waals surface area (Å²) in [6, 6.07) is 11.1. The molecule has 2 aromatic carbocycles. The van der Waals surface area contributed by atoms with Crippen molar-refractivity contribution in [3.05, 3.63) is 116 Å². The van der Waals surface area contributed by atoms with Crippen LogP contribution in [0, 0.1) is 33.5 Å². The SMILES string of the molecule is CNC(=O)C1(NC(=O)C(=O)c2c(C)c(C(=O)Nc3ccc(C)c(F)c3)n3c2C[C@@H](F)C3)CC(F)(F)C1.Cc1ccc(NC(=O)c2c(C)c(C(=O)C(=O)NC3(c4cn[nH]n4)CC(F)(F)C3)c3n2C[C@H](F)C3)cc1. The maximum Gasteiger partial charge on any atom is 0.293 e. The molecule has 72 heavy (non-hydrogen) atoms. The highest BCUT2D eigenvalue weighted by atomic mass is 19.3. The van der Waals surface area contributed by atoms with Crippen LogP contribution in [0.2, 0.25) is 0 Å². The van der Waals surface area contributed by atoms with Crippen LogP contribution in [-0.2, 0) is 45.9 Å². The number of alkyl halides is 6. The van der Waals surface area contributed by atoms with Gasteiger partial charge in [0, 0.05) is 68.3 Å². The largest absolute Gasteiger partial charge is 0.357 e. The fourth-order valence-electron chi connectivity index (χ4n) is 10.0. The predicted octanol–water partition coefficient (Wildman–Crippen LogP) is 5.60. The molecule has 5 aromatic rings. The average Bonchev–Trinajstić information content (AvgIpc) is 4.12. The Kier molecular flexibility index (Phi) is 13.0. The van der Waals surface area contributed by atoms with Gasteiger partial charge in [0.2, 0.25) is 5.91 Å². The second kappa shape index (κ2) is 18.5. The zero-order valence-corrected chi connectivity index (χ0v) is 39.2. The smallest absolute Gasteiger partial charge is 0.293 e. The van der Waals surface area contributed by atoms with Crippen LogP contribution in [0.3, 0.4) is 0 Å². The lowest BCUT2D eigenvalue weighted by atomic mass is 9.71. The Labute approximate surface area is 405 Å². The van der Waals surface area contributed by atoms with E-state index in [0.717, 1.165) is 11.6 Å². The van der Waals surface area contributed by atoms with Gasteiger partial charge in [-0.15, -0.1) is 0 Å². The van der Waals surface area contributed by atoms with Crippen molar-refractivity contribution in [3.8, 4) is 0 Å². The maximum atomic E-state index is 14.4. The minimum atomic E-state index is -3.18. The van der Waals surface area contributed by atoms with E-state index in [1.165, 1.54) is 48.4 Å². The van der Waals surface area contributed by atoms with E-state index in [1.54, 1.807) is 19.1 Å². The number of fused-ring (bicyclic) bond motifs is 2. The first-order valence-corrected chi connectivity index (χ1v) is 22.5. The molecule has 2 atom stereocenters. The molecular weight excluding hydrogens is 962 g/mol. The number of Topliss-reactive ketones (excluding diaryl/α,β-unsaturated/α-hetero) is 2. The van der Waals surface area contributed by atoms with Crippen LogP contribution >= 0.6 is 0 Å². The van der Waals surface area contributed by atoms with Crippen molar-refractivity contribution < 1.29 is 64.3 Å². The van der Waals surface area contributed by atoms with E-state index in [9.17, 15) is 64.3 Å². The zero-order valence-electron chi connectivity index (χ0n) is 39.2. The van der Waals surface area contributed by atoms with Gasteiger partial charge in [-0.1, -0.05) is 23.8 Å². The number of aromatic nitrogens is 5. The third kappa shape index (κ3) is 9.36. The fraction of sp³-hybridized carbons (Fsp3) is 0.396. The molecule has 2 aliphatic heterocycles. The van der Waals surface area contributed by atoms with Crippen LogP contribution in [0.4, 0.5) is 42.1 Å². The van der Waals surface area contributed by atoms with E-state index in [2.05, 4.69) is 42.0 Å². The number of likely N-dealkylation sites (N-methyl/N-ethyl adjacent to an activating group) is 1. The van der Waals surface area contributed by atoms with Gasteiger partial charge in [-0.2, -0.15) is 15.4 Å². The third-order valence-corrected chi connectivity index (χ3v) is 13.4. The Morgan fingerprint density at radius 3 is 1.62 bits per heavy atom. The molecule has 6 N–H and O–H groups in total. The van der Waals surface area contributed by atoms with Gasteiger partial charge < -0.3 is 35.7 Å². The van der Waals surface area contributed by atoms with Gasteiger partial charge in [0.1, 0.15) is 40.8 Å². The Balaban J connectivity index is 0.000000193. The molecule has 5 heterocycles. The number of anilines is 2. The molecule has 17 nitrogen and oxygen atoms in total. The third-order valence-electron chi connectivity index (χ3n) is 13.4. The van der Waals surface area contributed by atoms with E-state index in [0.29, 0.717) is 11.3 Å². The van der Waals surface area contributed by atoms with Gasteiger partial charge in [-0.05, 0) is 68.7 Å². The van der Waals surface area contributed by atoms with E-state index in [4.69, 9.17) is 0 Å². The number of aromatic amines is 1. The molecule has 5 amide bonds. The summed E-state index contributed by atoms with van der Waals surface area (Å²) < 4.78 is 100. The first-order valence-electron chi connectivity index (χ1n) is 22.5. The molecule has 0 saturated heterocycles. The first kappa shape index (κ1) is 50.7. The predicted molar refractivity (Wildman–Crippen MR) is 242 cm³/mol. The van der Waals surface area contributed by atoms with Crippen LogP contribution < -0.4 is 26.6 Å². The Morgan fingerprint density at radius 2 is 1.17 bits per heavy atom. The molecule has 0 spiro atoms. The Bertz CT molecular complexity index is 3060. The van der Waals surface area contributed by atoms with Crippen molar-refractivity contribution in [2.75, 3.05) is 17.7 Å². The van der Waals surface area contributed by atoms with Gasteiger partial charge >= 0.3 is 0 Å². The molecule has 4 aliphatic rings. The topological polar surface area (TPSA) is 231 Å². The number of aryl methyl sites for hydroxylation is 2. The summed E-state index contributed by atoms with van der Waals surface area (Å²) >= 11 is 0. The molecule has 0 radical (unpaired) electrons. The number of hydrogen-bond acceptors (Lipinski definition) is 9.